The molecule has 1 N–H and O–H groups in total. The van der Waals surface area contributed by atoms with E-state index in [1.807, 2.05) is 19.1 Å². The Labute approximate surface area is 184 Å². The third kappa shape index (κ3) is 3.22. The number of nitrogens with zero attached hydrogens (tertiary/aromatic N) is 1. The quantitative estimate of drug-likeness (QED) is 0.378. The van der Waals surface area contributed by atoms with Crippen molar-refractivity contribution in [2.45, 2.75) is 19.9 Å². The molecule has 1 saturated heterocycles. The highest BCUT2D eigenvalue weighted by Crippen LogP contribution is 2.43. The molecule has 1 aromatic heterocycles. The minimum absolute atomic E-state index is 0.0402. The van der Waals surface area contributed by atoms with Gasteiger partial charge >= 0.3 is 0 Å². The Morgan fingerprint density at radius 1 is 0.938 bits per heavy atom. The fourth-order valence-corrected chi connectivity index (χ4v) is 4.02. The van der Waals surface area contributed by atoms with Crippen LogP contribution in [0.15, 0.2) is 64.6 Å². The highest BCUT2D eigenvalue weighted by Gasteiger charge is 2.48. The zero-order valence-corrected chi connectivity index (χ0v) is 17.6. The number of carbonyl (C=O) groups excluding carboxylic acids is 2. The van der Waals surface area contributed by atoms with Crippen LogP contribution >= 0.6 is 0 Å². The first-order valence-electron chi connectivity index (χ1n) is 10.3. The number of amides is 1. The molecule has 3 aromatic rings. The van der Waals surface area contributed by atoms with E-state index in [1.54, 1.807) is 49.4 Å². The molecule has 5 rings (SSSR count). The van der Waals surface area contributed by atoms with Crippen molar-refractivity contribution in [1.82, 2.24) is 0 Å². The molecular formula is C25H21NO6. The molecule has 0 saturated carbocycles. The Hall–Kier alpha value is -4.00. The monoisotopic (exact) mass is 431 g/mol. The highest BCUT2D eigenvalue weighted by atomic mass is 16.6. The van der Waals surface area contributed by atoms with Gasteiger partial charge in [0.15, 0.2) is 11.5 Å². The van der Waals surface area contributed by atoms with E-state index >= 15 is 0 Å². The van der Waals surface area contributed by atoms with Gasteiger partial charge in [0.2, 0.25) is 0 Å². The van der Waals surface area contributed by atoms with Crippen LogP contribution in [0.25, 0.3) is 5.76 Å². The number of hydrogen-bond acceptors (Lipinski definition) is 6. The fraction of sp³-hybridized carbons (Fsp3) is 0.200. The Morgan fingerprint density at radius 2 is 1.66 bits per heavy atom. The maximum absolute atomic E-state index is 13.1. The molecule has 7 nitrogen and oxygen atoms in total. The summed E-state index contributed by atoms with van der Waals surface area (Å²) in [5.74, 6) is 0.248. The number of rotatable bonds is 3. The largest absolute Gasteiger partial charge is 0.507 e. The number of aliphatic hydroxyl groups is 1. The zero-order chi connectivity index (χ0) is 22.4. The molecular weight excluding hydrogens is 410 g/mol. The van der Waals surface area contributed by atoms with Gasteiger partial charge in [-0.25, -0.2) is 0 Å². The normalized spacial score (nSPS) is 19.4. The van der Waals surface area contributed by atoms with Crippen LogP contribution in [0.1, 0.15) is 28.7 Å². The number of benzene rings is 2. The van der Waals surface area contributed by atoms with Crippen molar-refractivity contribution < 1.29 is 28.6 Å². The summed E-state index contributed by atoms with van der Waals surface area (Å²) in [5.41, 5.74) is 1.87. The number of carbonyl (C=O) groups is 2. The average Bonchev–Trinajstić information content (AvgIpc) is 3.34. The number of ether oxygens (including phenoxy) is 2. The molecule has 2 aromatic carbocycles. The van der Waals surface area contributed by atoms with Crippen LogP contribution in [0.3, 0.4) is 0 Å². The Kier molecular flexibility index (Phi) is 4.74. The second-order valence-electron chi connectivity index (χ2n) is 7.81. The third-order valence-corrected chi connectivity index (χ3v) is 5.60. The third-order valence-electron chi connectivity index (χ3n) is 5.60. The molecule has 7 heteroatoms. The van der Waals surface area contributed by atoms with Crippen LogP contribution in [0, 0.1) is 13.8 Å². The Balaban J connectivity index is 1.68. The van der Waals surface area contributed by atoms with Gasteiger partial charge in [0.25, 0.3) is 11.7 Å². The number of furan rings is 1. The summed E-state index contributed by atoms with van der Waals surface area (Å²) in [5, 5.41) is 11.2. The fourth-order valence-electron chi connectivity index (χ4n) is 4.02. The van der Waals surface area contributed by atoms with E-state index in [4.69, 9.17) is 13.9 Å². The number of hydrogen-bond donors (Lipinski definition) is 1. The van der Waals surface area contributed by atoms with Crippen LogP contribution in [-0.2, 0) is 9.59 Å². The molecule has 2 aliphatic rings. The lowest BCUT2D eigenvalue weighted by Gasteiger charge is -2.23. The van der Waals surface area contributed by atoms with E-state index in [9.17, 15) is 14.7 Å². The summed E-state index contributed by atoms with van der Waals surface area (Å²) in [4.78, 5) is 27.6. The number of Topliss-reactive ketones (excluding diaryl/α,β-unsaturated/α-hetero) is 1. The lowest BCUT2D eigenvalue weighted by Crippen LogP contribution is -2.29. The van der Waals surface area contributed by atoms with Crippen molar-refractivity contribution in [3.63, 3.8) is 0 Å². The standard InChI is InChI=1S/C25H21NO6/c1-14-3-7-17(8-4-14)26-22(19-9-5-15(2)32-19)21(24(28)25(26)29)23(27)16-6-10-18-20(13-16)31-12-11-30-18/h3-10,13,22,27H,11-12H2,1-2H3/b23-21-. The summed E-state index contributed by atoms with van der Waals surface area (Å²) < 4.78 is 16.9. The van der Waals surface area contributed by atoms with Gasteiger partial charge in [-0.05, 0) is 56.3 Å². The van der Waals surface area contributed by atoms with Gasteiger partial charge < -0.3 is 19.0 Å². The number of anilines is 1. The van der Waals surface area contributed by atoms with Crippen molar-refractivity contribution in [3.05, 3.63) is 82.8 Å². The van der Waals surface area contributed by atoms with Crippen LogP contribution in [0.5, 0.6) is 11.5 Å². The van der Waals surface area contributed by atoms with E-state index in [1.165, 1.54) is 4.90 Å². The minimum atomic E-state index is -0.903. The van der Waals surface area contributed by atoms with Crippen LogP contribution < -0.4 is 14.4 Å². The highest BCUT2D eigenvalue weighted by molar-refractivity contribution is 6.51. The van der Waals surface area contributed by atoms with E-state index in [0.29, 0.717) is 47.5 Å². The minimum Gasteiger partial charge on any atom is -0.507 e. The first-order chi connectivity index (χ1) is 15.4. The van der Waals surface area contributed by atoms with Gasteiger partial charge in [-0.3, -0.25) is 14.5 Å². The van der Waals surface area contributed by atoms with Crippen molar-refractivity contribution in [2.24, 2.45) is 0 Å². The summed E-state index contributed by atoms with van der Waals surface area (Å²) in [6.45, 7) is 4.55. The molecule has 2 aliphatic heterocycles. The Morgan fingerprint density at radius 3 is 2.34 bits per heavy atom. The number of aryl methyl sites for hydroxylation is 2. The lowest BCUT2D eigenvalue weighted by molar-refractivity contribution is -0.132. The average molecular weight is 431 g/mol. The molecule has 0 bridgehead atoms. The molecule has 1 fully saturated rings. The molecule has 1 unspecified atom stereocenters. The number of fused-ring (bicyclic) bond motifs is 1. The lowest BCUT2D eigenvalue weighted by atomic mass is 9.99. The molecule has 162 valence electrons. The van der Waals surface area contributed by atoms with Crippen molar-refractivity contribution in [3.8, 4) is 11.5 Å². The zero-order valence-electron chi connectivity index (χ0n) is 17.6. The number of ketones is 1. The van der Waals surface area contributed by atoms with Gasteiger partial charge in [0.05, 0.1) is 5.57 Å². The maximum Gasteiger partial charge on any atom is 0.300 e. The van der Waals surface area contributed by atoms with Gasteiger partial charge in [-0.2, -0.15) is 0 Å². The summed E-state index contributed by atoms with van der Waals surface area (Å²) in [7, 11) is 0. The molecule has 0 spiro atoms. The second-order valence-corrected chi connectivity index (χ2v) is 7.81. The summed E-state index contributed by atoms with van der Waals surface area (Å²) in [6, 6.07) is 14.7. The van der Waals surface area contributed by atoms with E-state index in [0.717, 1.165) is 5.56 Å². The van der Waals surface area contributed by atoms with E-state index in [-0.39, 0.29) is 11.3 Å². The van der Waals surface area contributed by atoms with Crippen molar-refractivity contribution >= 4 is 23.1 Å². The number of aliphatic hydroxyl groups excluding tert-OH is 1. The Bertz CT molecular complexity index is 1250. The molecule has 0 aliphatic carbocycles. The topological polar surface area (TPSA) is 89.2 Å². The molecule has 3 heterocycles. The van der Waals surface area contributed by atoms with E-state index in [2.05, 4.69) is 0 Å². The van der Waals surface area contributed by atoms with Crippen LogP contribution in [0.4, 0.5) is 5.69 Å². The smallest absolute Gasteiger partial charge is 0.300 e. The SMILES string of the molecule is Cc1ccc(N2C(=O)C(=O)/C(=C(\O)c3ccc4c(c3)OCCO4)C2c2ccc(C)o2)cc1. The van der Waals surface area contributed by atoms with Gasteiger partial charge in [0.1, 0.15) is 36.5 Å². The molecule has 0 radical (unpaired) electrons. The molecule has 1 atom stereocenters. The first-order valence-corrected chi connectivity index (χ1v) is 10.3. The maximum atomic E-state index is 13.1. The van der Waals surface area contributed by atoms with Crippen molar-refractivity contribution in [2.75, 3.05) is 18.1 Å². The van der Waals surface area contributed by atoms with Gasteiger partial charge in [0, 0.05) is 11.3 Å². The van der Waals surface area contributed by atoms with Gasteiger partial charge in [-0.15, -0.1) is 0 Å². The van der Waals surface area contributed by atoms with Gasteiger partial charge in [-0.1, -0.05) is 17.7 Å². The molecule has 1 amide bonds. The van der Waals surface area contributed by atoms with Crippen molar-refractivity contribution in [1.29, 1.82) is 0 Å². The first kappa shape index (κ1) is 19.9. The summed E-state index contributed by atoms with van der Waals surface area (Å²) >= 11 is 0. The predicted octanol–water partition coefficient (Wildman–Crippen LogP) is 4.29. The second kappa shape index (κ2) is 7.60. The predicted molar refractivity (Wildman–Crippen MR) is 117 cm³/mol. The van der Waals surface area contributed by atoms with Crippen LogP contribution in [0.2, 0.25) is 0 Å². The summed E-state index contributed by atoms with van der Waals surface area (Å²) in [6.07, 6.45) is 0. The molecule has 32 heavy (non-hydrogen) atoms. The van der Waals surface area contributed by atoms with Crippen LogP contribution in [-0.4, -0.2) is 30.0 Å². The van der Waals surface area contributed by atoms with E-state index < -0.39 is 17.7 Å².